The maximum Gasteiger partial charge on any atom is 0.335 e. The molecule has 3 aromatic rings. The van der Waals surface area contributed by atoms with Crippen molar-refractivity contribution in [2.24, 2.45) is 0 Å². The Labute approximate surface area is 113 Å². The standard InChI is InChI=1S/C15H10N2O3/c18-8-11-7-12-13(17-11)5-6-16-14(12)9-1-3-10(4-2-9)15(19)20/h1-8,17H,(H,19,20). The number of hydrogen-bond acceptors (Lipinski definition) is 3. The van der Waals surface area contributed by atoms with Gasteiger partial charge in [0, 0.05) is 22.7 Å². The van der Waals surface area contributed by atoms with E-state index in [2.05, 4.69) is 9.97 Å². The van der Waals surface area contributed by atoms with Crippen molar-refractivity contribution in [1.82, 2.24) is 9.97 Å². The zero-order valence-electron chi connectivity index (χ0n) is 10.3. The Morgan fingerprint density at radius 2 is 1.95 bits per heavy atom. The molecule has 0 aliphatic heterocycles. The van der Waals surface area contributed by atoms with E-state index in [9.17, 15) is 9.59 Å². The number of carboxylic acids is 1. The summed E-state index contributed by atoms with van der Waals surface area (Å²) in [5.41, 5.74) is 3.04. The minimum atomic E-state index is -0.965. The molecule has 0 atom stereocenters. The number of nitrogens with one attached hydrogen (secondary N) is 1. The summed E-state index contributed by atoms with van der Waals surface area (Å²) in [4.78, 5) is 29.0. The van der Waals surface area contributed by atoms with Crippen LogP contribution >= 0.6 is 0 Å². The number of benzene rings is 1. The van der Waals surface area contributed by atoms with Crippen molar-refractivity contribution in [3.63, 3.8) is 0 Å². The van der Waals surface area contributed by atoms with Gasteiger partial charge in [0.1, 0.15) is 0 Å². The Morgan fingerprint density at radius 3 is 2.60 bits per heavy atom. The SMILES string of the molecule is O=Cc1cc2c(-c3ccc(C(=O)O)cc3)nccc2[nH]1. The molecule has 0 radical (unpaired) electrons. The van der Waals surface area contributed by atoms with Crippen LogP contribution in [0.3, 0.4) is 0 Å². The van der Waals surface area contributed by atoms with Crippen molar-refractivity contribution >= 4 is 23.2 Å². The van der Waals surface area contributed by atoms with Gasteiger partial charge in [0.15, 0.2) is 6.29 Å². The average Bonchev–Trinajstić information content (AvgIpc) is 2.90. The highest BCUT2D eigenvalue weighted by molar-refractivity contribution is 5.97. The predicted molar refractivity (Wildman–Crippen MR) is 73.9 cm³/mol. The lowest BCUT2D eigenvalue weighted by Gasteiger charge is -2.03. The van der Waals surface area contributed by atoms with E-state index >= 15 is 0 Å². The third kappa shape index (κ3) is 1.95. The largest absolute Gasteiger partial charge is 0.478 e. The topological polar surface area (TPSA) is 83.1 Å². The second-order valence-electron chi connectivity index (χ2n) is 4.35. The van der Waals surface area contributed by atoms with E-state index in [0.29, 0.717) is 11.4 Å². The number of fused-ring (bicyclic) bond motifs is 1. The molecule has 0 aliphatic rings. The Balaban J connectivity index is 2.15. The number of aldehydes is 1. The molecule has 3 rings (SSSR count). The van der Waals surface area contributed by atoms with Crippen molar-refractivity contribution in [3.05, 3.63) is 53.9 Å². The number of rotatable bonds is 3. The molecule has 98 valence electrons. The molecule has 5 heteroatoms. The number of nitrogens with zero attached hydrogens (tertiary/aromatic N) is 1. The summed E-state index contributed by atoms with van der Waals surface area (Å²) < 4.78 is 0. The fourth-order valence-electron chi connectivity index (χ4n) is 2.14. The first-order valence-corrected chi connectivity index (χ1v) is 5.95. The van der Waals surface area contributed by atoms with Gasteiger partial charge in [-0.3, -0.25) is 9.78 Å². The van der Waals surface area contributed by atoms with Crippen molar-refractivity contribution < 1.29 is 14.7 Å². The highest BCUT2D eigenvalue weighted by Crippen LogP contribution is 2.27. The molecule has 5 nitrogen and oxygen atoms in total. The number of carboxylic acid groups (broad SMARTS) is 1. The fourth-order valence-corrected chi connectivity index (χ4v) is 2.14. The summed E-state index contributed by atoms with van der Waals surface area (Å²) in [6.45, 7) is 0. The van der Waals surface area contributed by atoms with Gasteiger partial charge >= 0.3 is 5.97 Å². The molecule has 0 aliphatic carbocycles. The lowest BCUT2D eigenvalue weighted by atomic mass is 10.1. The van der Waals surface area contributed by atoms with Crippen molar-refractivity contribution in [2.45, 2.75) is 0 Å². The molecule has 0 bridgehead atoms. The van der Waals surface area contributed by atoms with E-state index < -0.39 is 5.97 Å². The van der Waals surface area contributed by atoms with Crippen LogP contribution in [0.1, 0.15) is 20.8 Å². The molecule has 20 heavy (non-hydrogen) atoms. The highest BCUT2D eigenvalue weighted by Gasteiger charge is 2.09. The molecule has 0 unspecified atom stereocenters. The molecule has 0 amide bonds. The average molecular weight is 266 g/mol. The molecular weight excluding hydrogens is 256 g/mol. The van der Waals surface area contributed by atoms with Crippen molar-refractivity contribution in [1.29, 1.82) is 0 Å². The first-order chi connectivity index (χ1) is 9.69. The molecule has 2 aromatic heterocycles. The maximum atomic E-state index is 10.8. The minimum Gasteiger partial charge on any atom is -0.478 e. The lowest BCUT2D eigenvalue weighted by Crippen LogP contribution is -1.95. The fraction of sp³-hybridized carbons (Fsp3) is 0. The van der Waals surface area contributed by atoms with Gasteiger partial charge in [0.2, 0.25) is 0 Å². The monoisotopic (exact) mass is 266 g/mol. The number of pyridine rings is 1. The summed E-state index contributed by atoms with van der Waals surface area (Å²) in [5.74, 6) is -0.965. The third-order valence-electron chi connectivity index (χ3n) is 3.10. The first kappa shape index (κ1) is 12.1. The Morgan fingerprint density at radius 1 is 1.20 bits per heavy atom. The molecule has 0 saturated carbocycles. The maximum absolute atomic E-state index is 10.8. The molecule has 1 aromatic carbocycles. The van der Waals surface area contributed by atoms with Gasteiger partial charge in [0.05, 0.1) is 17.0 Å². The molecule has 2 heterocycles. The summed E-state index contributed by atoms with van der Waals surface area (Å²) in [6, 6.07) is 10.0. The van der Waals surface area contributed by atoms with Crippen LogP contribution in [0, 0.1) is 0 Å². The lowest BCUT2D eigenvalue weighted by molar-refractivity contribution is 0.0696. The molecule has 0 spiro atoms. The van der Waals surface area contributed by atoms with Crippen LogP contribution < -0.4 is 0 Å². The van der Waals surface area contributed by atoms with Crippen LogP contribution in [0.15, 0.2) is 42.6 Å². The highest BCUT2D eigenvalue weighted by atomic mass is 16.4. The van der Waals surface area contributed by atoms with E-state index in [1.54, 1.807) is 30.5 Å². The van der Waals surface area contributed by atoms with Crippen LogP contribution in [-0.4, -0.2) is 27.3 Å². The molecule has 2 N–H and O–H groups in total. The van der Waals surface area contributed by atoms with Gasteiger partial charge in [-0.2, -0.15) is 0 Å². The number of hydrogen-bond donors (Lipinski definition) is 2. The zero-order valence-corrected chi connectivity index (χ0v) is 10.3. The van der Waals surface area contributed by atoms with Crippen LogP contribution in [0.4, 0.5) is 0 Å². The predicted octanol–water partition coefficient (Wildman–Crippen LogP) is 2.74. The second-order valence-corrected chi connectivity index (χ2v) is 4.35. The smallest absolute Gasteiger partial charge is 0.335 e. The number of carbonyl (C=O) groups is 2. The van der Waals surface area contributed by atoms with Gasteiger partial charge in [-0.15, -0.1) is 0 Å². The van der Waals surface area contributed by atoms with Gasteiger partial charge in [-0.05, 0) is 24.3 Å². The van der Waals surface area contributed by atoms with E-state index in [1.165, 1.54) is 12.1 Å². The van der Waals surface area contributed by atoms with Crippen molar-refractivity contribution in [3.8, 4) is 11.3 Å². The van der Waals surface area contributed by atoms with Gasteiger partial charge in [-0.25, -0.2) is 4.79 Å². The number of H-pyrrole nitrogens is 1. The zero-order chi connectivity index (χ0) is 14.1. The first-order valence-electron chi connectivity index (χ1n) is 5.95. The van der Waals surface area contributed by atoms with Gasteiger partial charge in [-0.1, -0.05) is 12.1 Å². The summed E-state index contributed by atoms with van der Waals surface area (Å²) >= 11 is 0. The van der Waals surface area contributed by atoms with E-state index in [-0.39, 0.29) is 5.56 Å². The minimum absolute atomic E-state index is 0.226. The second kappa shape index (κ2) is 4.62. The van der Waals surface area contributed by atoms with Gasteiger partial charge < -0.3 is 10.1 Å². The molecular formula is C15H10N2O3. The van der Waals surface area contributed by atoms with Crippen LogP contribution in [0.2, 0.25) is 0 Å². The summed E-state index contributed by atoms with van der Waals surface area (Å²) in [7, 11) is 0. The van der Waals surface area contributed by atoms with Crippen LogP contribution in [0.25, 0.3) is 22.2 Å². The number of aromatic amines is 1. The van der Waals surface area contributed by atoms with Crippen LogP contribution in [-0.2, 0) is 0 Å². The number of aromatic carboxylic acids is 1. The van der Waals surface area contributed by atoms with Gasteiger partial charge in [0.25, 0.3) is 0 Å². The van der Waals surface area contributed by atoms with E-state index in [4.69, 9.17) is 5.11 Å². The van der Waals surface area contributed by atoms with Crippen LogP contribution in [0.5, 0.6) is 0 Å². The summed E-state index contributed by atoms with van der Waals surface area (Å²) in [5, 5.41) is 9.72. The quantitative estimate of drug-likeness (QED) is 0.714. The molecule has 0 fully saturated rings. The molecule has 0 saturated heterocycles. The number of aromatic nitrogens is 2. The Bertz CT molecular complexity index is 804. The summed E-state index contributed by atoms with van der Waals surface area (Å²) in [6.07, 6.45) is 2.39. The van der Waals surface area contributed by atoms with E-state index in [1.807, 2.05) is 0 Å². The van der Waals surface area contributed by atoms with Crippen molar-refractivity contribution in [2.75, 3.05) is 0 Å². The normalized spacial score (nSPS) is 10.6. The Hall–Kier alpha value is -2.95. The number of carbonyl (C=O) groups excluding carboxylic acids is 1. The Kier molecular flexibility index (Phi) is 2.80. The third-order valence-corrected chi connectivity index (χ3v) is 3.10. The van der Waals surface area contributed by atoms with E-state index in [0.717, 1.165) is 22.8 Å².